The van der Waals surface area contributed by atoms with Crippen LogP contribution in [0.3, 0.4) is 0 Å². The standard InChI is InChI=1S/C14H24N4O.ClH/c1-10(2)12-8-13(18-17-12)14(19)16-7-5-11-4-3-6-15-9-11;/h8,10-11,15H,3-7,9H2,1-2H3,(H,16,19)(H,17,18);1H. The van der Waals surface area contributed by atoms with Gasteiger partial charge in [0.05, 0.1) is 0 Å². The zero-order valence-corrected chi connectivity index (χ0v) is 13.1. The summed E-state index contributed by atoms with van der Waals surface area (Å²) in [5.41, 5.74) is 1.49. The monoisotopic (exact) mass is 300 g/mol. The number of nitrogens with one attached hydrogen (secondary N) is 3. The molecular weight excluding hydrogens is 276 g/mol. The van der Waals surface area contributed by atoms with Gasteiger partial charge in [-0.1, -0.05) is 13.8 Å². The van der Waals surface area contributed by atoms with Gasteiger partial charge in [-0.05, 0) is 50.3 Å². The molecule has 6 heteroatoms. The van der Waals surface area contributed by atoms with Gasteiger partial charge >= 0.3 is 0 Å². The number of carbonyl (C=O) groups is 1. The molecular formula is C14H25ClN4O. The van der Waals surface area contributed by atoms with Gasteiger partial charge in [0.2, 0.25) is 0 Å². The Hall–Kier alpha value is -1.07. The molecule has 0 spiro atoms. The van der Waals surface area contributed by atoms with Gasteiger partial charge in [-0.15, -0.1) is 12.4 Å². The minimum Gasteiger partial charge on any atom is -0.351 e. The van der Waals surface area contributed by atoms with Gasteiger partial charge in [0.25, 0.3) is 5.91 Å². The first-order valence-corrected chi connectivity index (χ1v) is 7.21. The van der Waals surface area contributed by atoms with E-state index in [2.05, 4.69) is 34.7 Å². The number of halogens is 1. The van der Waals surface area contributed by atoms with E-state index >= 15 is 0 Å². The number of aromatic nitrogens is 2. The lowest BCUT2D eigenvalue weighted by atomic mass is 9.96. The van der Waals surface area contributed by atoms with Crippen LogP contribution >= 0.6 is 12.4 Å². The van der Waals surface area contributed by atoms with E-state index in [1.807, 2.05) is 6.07 Å². The highest BCUT2D eigenvalue weighted by Gasteiger charge is 2.15. The molecule has 20 heavy (non-hydrogen) atoms. The Morgan fingerprint density at radius 3 is 2.95 bits per heavy atom. The fraction of sp³-hybridized carbons (Fsp3) is 0.714. The molecule has 0 bridgehead atoms. The highest BCUT2D eigenvalue weighted by atomic mass is 35.5. The van der Waals surface area contributed by atoms with E-state index in [0.29, 0.717) is 17.5 Å². The molecule has 5 nitrogen and oxygen atoms in total. The van der Waals surface area contributed by atoms with Crippen molar-refractivity contribution in [3.8, 4) is 0 Å². The highest BCUT2D eigenvalue weighted by molar-refractivity contribution is 5.92. The van der Waals surface area contributed by atoms with Crippen molar-refractivity contribution >= 4 is 18.3 Å². The maximum Gasteiger partial charge on any atom is 0.271 e. The van der Waals surface area contributed by atoms with Crippen LogP contribution in [0, 0.1) is 5.92 Å². The largest absolute Gasteiger partial charge is 0.351 e. The molecule has 1 aliphatic rings. The van der Waals surface area contributed by atoms with E-state index in [4.69, 9.17) is 0 Å². The van der Waals surface area contributed by atoms with Gasteiger partial charge < -0.3 is 10.6 Å². The summed E-state index contributed by atoms with van der Waals surface area (Å²) < 4.78 is 0. The van der Waals surface area contributed by atoms with E-state index in [0.717, 1.165) is 31.7 Å². The molecule has 1 atom stereocenters. The maximum absolute atomic E-state index is 11.9. The third-order valence-corrected chi connectivity index (χ3v) is 3.69. The SMILES string of the molecule is CC(C)c1cc(C(=O)NCCC2CCCNC2)n[nH]1.Cl. The van der Waals surface area contributed by atoms with E-state index in [1.54, 1.807) is 0 Å². The van der Waals surface area contributed by atoms with Crippen LogP contribution in [-0.4, -0.2) is 35.7 Å². The summed E-state index contributed by atoms with van der Waals surface area (Å²) in [6.07, 6.45) is 3.55. The van der Waals surface area contributed by atoms with Crippen molar-refractivity contribution in [3.05, 3.63) is 17.5 Å². The Morgan fingerprint density at radius 1 is 1.55 bits per heavy atom. The first-order chi connectivity index (χ1) is 9.16. The summed E-state index contributed by atoms with van der Waals surface area (Å²) in [7, 11) is 0. The molecule has 1 aromatic rings. The number of hydrogen-bond donors (Lipinski definition) is 3. The van der Waals surface area contributed by atoms with Crippen molar-refractivity contribution in [3.63, 3.8) is 0 Å². The Kier molecular flexibility index (Phi) is 7.02. The van der Waals surface area contributed by atoms with Gasteiger partial charge in [-0.25, -0.2) is 0 Å². The molecule has 0 aliphatic carbocycles. The fourth-order valence-corrected chi connectivity index (χ4v) is 2.40. The Morgan fingerprint density at radius 2 is 2.35 bits per heavy atom. The van der Waals surface area contributed by atoms with Crippen LogP contribution in [0.4, 0.5) is 0 Å². The van der Waals surface area contributed by atoms with E-state index in [9.17, 15) is 4.79 Å². The second kappa shape index (κ2) is 8.27. The number of piperidine rings is 1. The highest BCUT2D eigenvalue weighted by Crippen LogP contribution is 2.14. The Bertz CT molecular complexity index is 413. The summed E-state index contributed by atoms with van der Waals surface area (Å²) >= 11 is 0. The number of carbonyl (C=O) groups excluding carboxylic acids is 1. The molecule has 0 saturated carbocycles. The molecule has 0 radical (unpaired) electrons. The molecule has 1 unspecified atom stereocenters. The van der Waals surface area contributed by atoms with Gasteiger partial charge in [-0.2, -0.15) is 5.10 Å². The molecule has 1 amide bonds. The number of rotatable bonds is 5. The normalized spacial score (nSPS) is 18.6. The van der Waals surface area contributed by atoms with Crippen LogP contribution in [0.15, 0.2) is 6.07 Å². The number of amides is 1. The quantitative estimate of drug-likeness (QED) is 0.780. The third-order valence-electron chi connectivity index (χ3n) is 3.69. The Balaban J connectivity index is 0.00000200. The molecule has 114 valence electrons. The average Bonchev–Trinajstić information content (AvgIpc) is 2.89. The van der Waals surface area contributed by atoms with Gasteiger partial charge in [0.1, 0.15) is 5.69 Å². The lowest BCUT2D eigenvalue weighted by molar-refractivity contribution is 0.0945. The van der Waals surface area contributed by atoms with Crippen LogP contribution in [0.5, 0.6) is 0 Å². The molecule has 2 heterocycles. The summed E-state index contributed by atoms with van der Waals surface area (Å²) in [4.78, 5) is 11.9. The molecule has 1 fully saturated rings. The molecule has 2 rings (SSSR count). The van der Waals surface area contributed by atoms with Crippen LogP contribution in [0.2, 0.25) is 0 Å². The molecule has 1 aromatic heterocycles. The van der Waals surface area contributed by atoms with Crippen molar-refractivity contribution in [2.45, 2.75) is 39.0 Å². The number of aromatic amines is 1. The summed E-state index contributed by atoms with van der Waals surface area (Å²) in [6.45, 7) is 7.09. The predicted octanol–water partition coefficient (Wildman–Crippen LogP) is 2.07. The predicted molar refractivity (Wildman–Crippen MR) is 82.5 cm³/mol. The van der Waals surface area contributed by atoms with Crippen molar-refractivity contribution in [1.29, 1.82) is 0 Å². The average molecular weight is 301 g/mol. The van der Waals surface area contributed by atoms with Gasteiger partial charge in [0, 0.05) is 12.2 Å². The second-order valence-corrected chi connectivity index (χ2v) is 5.62. The zero-order valence-electron chi connectivity index (χ0n) is 12.2. The van der Waals surface area contributed by atoms with Crippen molar-refractivity contribution in [2.24, 2.45) is 5.92 Å². The van der Waals surface area contributed by atoms with Crippen molar-refractivity contribution in [1.82, 2.24) is 20.8 Å². The van der Waals surface area contributed by atoms with Crippen LogP contribution in [0.25, 0.3) is 0 Å². The number of H-pyrrole nitrogens is 1. The molecule has 0 aromatic carbocycles. The summed E-state index contributed by atoms with van der Waals surface area (Å²) in [5.74, 6) is 0.980. The van der Waals surface area contributed by atoms with Crippen LogP contribution in [-0.2, 0) is 0 Å². The van der Waals surface area contributed by atoms with Crippen LogP contribution < -0.4 is 10.6 Å². The van der Waals surface area contributed by atoms with E-state index in [1.165, 1.54) is 12.8 Å². The molecule has 3 N–H and O–H groups in total. The third kappa shape index (κ3) is 4.80. The van der Waals surface area contributed by atoms with Crippen molar-refractivity contribution < 1.29 is 4.79 Å². The topological polar surface area (TPSA) is 69.8 Å². The molecule has 1 saturated heterocycles. The summed E-state index contributed by atoms with van der Waals surface area (Å²) in [6, 6.07) is 1.84. The fourth-order valence-electron chi connectivity index (χ4n) is 2.40. The van der Waals surface area contributed by atoms with E-state index < -0.39 is 0 Å². The minimum atomic E-state index is -0.0769. The van der Waals surface area contributed by atoms with E-state index in [-0.39, 0.29) is 18.3 Å². The van der Waals surface area contributed by atoms with Gasteiger partial charge in [0.15, 0.2) is 0 Å². The Labute approximate surface area is 126 Å². The molecule has 1 aliphatic heterocycles. The minimum absolute atomic E-state index is 0. The van der Waals surface area contributed by atoms with Gasteiger partial charge in [-0.3, -0.25) is 9.89 Å². The number of hydrogen-bond acceptors (Lipinski definition) is 3. The maximum atomic E-state index is 11.9. The lowest BCUT2D eigenvalue weighted by Gasteiger charge is -2.22. The first-order valence-electron chi connectivity index (χ1n) is 7.21. The number of nitrogens with zero attached hydrogens (tertiary/aromatic N) is 1. The second-order valence-electron chi connectivity index (χ2n) is 5.62. The van der Waals surface area contributed by atoms with Crippen LogP contribution in [0.1, 0.15) is 55.2 Å². The smallest absolute Gasteiger partial charge is 0.271 e. The first kappa shape index (κ1) is 17.0. The lowest BCUT2D eigenvalue weighted by Crippen LogP contribution is -2.33. The van der Waals surface area contributed by atoms with Crippen molar-refractivity contribution in [2.75, 3.05) is 19.6 Å². The zero-order chi connectivity index (χ0) is 13.7. The summed E-state index contributed by atoms with van der Waals surface area (Å²) in [5, 5.41) is 13.3.